The predicted molar refractivity (Wildman–Crippen MR) is 141 cm³/mol. The van der Waals surface area contributed by atoms with Crippen molar-refractivity contribution in [2.24, 2.45) is 50.6 Å². The second kappa shape index (κ2) is 7.72. The van der Waals surface area contributed by atoms with E-state index in [0.29, 0.717) is 12.0 Å². The molecule has 0 saturated heterocycles. The van der Waals surface area contributed by atoms with Gasteiger partial charge in [0, 0.05) is 5.92 Å². The van der Waals surface area contributed by atoms with Crippen LogP contribution in [0.2, 0.25) is 0 Å². The molecule has 0 aromatic heterocycles. The first-order chi connectivity index (χ1) is 17.0. The van der Waals surface area contributed by atoms with E-state index in [-0.39, 0.29) is 51.5 Å². The number of nitriles is 1. The highest BCUT2D eigenvalue weighted by Crippen LogP contribution is 2.74. The van der Waals surface area contributed by atoms with Crippen LogP contribution in [0.5, 0.6) is 0 Å². The number of carbonyl (C=O) groups is 2. The average molecular weight is 509 g/mol. The summed E-state index contributed by atoms with van der Waals surface area (Å²) < 4.78 is 5.40. The van der Waals surface area contributed by atoms with Gasteiger partial charge in [-0.3, -0.25) is 9.59 Å². The Morgan fingerprint density at radius 2 is 1.76 bits per heavy atom. The molecule has 0 radical (unpaired) electrons. The van der Waals surface area contributed by atoms with Crippen molar-refractivity contribution in [2.75, 3.05) is 7.11 Å². The van der Waals surface area contributed by atoms with Gasteiger partial charge in [-0.05, 0) is 97.9 Å². The third-order valence-electron chi connectivity index (χ3n) is 12.5. The molecule has 5 rings (SSSR count). The van der Waals surface area contributed by atoms with E-state index < -0.39 is 16.4 Å². The van der Waals surface area contributed by atoms with E-state index in [1.807, 2.05) is 13.0 Å². The molecule has 0 heterocycles. The lowest BCUT2D eigenvalue weighted by Gasteiger charge is -2.69. The fourth-order valence-electron chi connectivity index (χ4n) is 10.2. The van der Waals surface area contributed by atoms with Crippen LogP contribution in [0.4, 0.5) is 0 Å². The van der Waals surface area contributed by atoms with Crippen molar-refractivity contribution in [3.05, 3.63) is 23.0 Å². The molecule has 0 amide bonds. The quantitative estimate of drug-likeness (QED) is 0.434. The summed E-state index contributed by atoms with van der Waals surface area (Å²) >= 11 is 0. The predicted octanol–water partition coefficient (Wildman–Crippen LogP) is 5.78. The van der Waals surface area contributed by atoms with Gasteiger partial charge in [-0.2, -0.15) is 5.26 Å². The Kier molecular flexibility index (Phi) is 5.52. The Hall–Kier alpha value is -2.13. The molecule has 0 aliphatic heterocycles. The van der Waals surface area contributed by atoms with E-state index >= 15 is 0 Å². The van der Waals surface area contributed by atoms with Gasteiger partial charge >= 0.3 is 5.97 Å². The summed E-state index contributed by atoms with van der Waals surface area (Å²) in [4.78, 5) is 27.7. The molecule has 5 aliphatic carbocycles. The number of ether oxygens (including phenoxy) is 1. The second-order valence-electron chi connectivity index (χ2n) is 14.7. The lowest BCUT2D eigenvalue weighted by atomic mass is 9.34. The maximum atomic E-state index is 14.4. The van der Waals surface area contributed by atoms with Gasteiger partial charge in [0.05, 0.1) is 29.7 Å². The van der Waals surface area contributed by atoms with Gasteiger partial charge < -0.3 is 15.6 Å². The number of ketones is 1. The van der Waals surface area contributed by atoms with Crippen LogP contribution in [0.15, 0.2) is 23.0 Å². The Morgan fingerprint density at radius 3 is 2.38 bits per heavy atom. The number of aliphatic hydroxyl groups excluding tert-OH is 1. The van der Waals surface area contributed by atoms with Crippen molar-refractivity contribution in [2.45, 2.75) is 98.4 Å². The summed E-state index contributed by atoms with van der Waals surface area (Å²) in [5.74, 6) is -0.415. The molecule has 3 fully saturated rings. The standard InChI is InChI=1S/C31H44N2O4/c1-26(2)10-12-31(25(36)37-7)13-11-29(5)23(19(31)16-26)20(34)14-22-27(3)15-18(17-32)24(35)30(6,33)21(27)8-9-28(22,29)4/h14,19,21,23,35H,8-13,15-16,33H2,1-7H3/t19-,21+,23-,27-,28+,29+,30-,31-/m0/s1. The van der Waals surface area contributed by atoms with E-state index in [0.717, 1.165) is 50.5 Å². The number of nitrogens with two attached hydrogens (primary N) is 1. The first-order valence-electron chi connectivity index (χ1n) is 14.0. The summed E-state index contributed by atoms with van der Waals surface area (Å²) in [6.45, 7) is 13.1. The van der Waals surface area contributed by atoms with Crippen LogP contribution in [0, 0.1) is 56.2 Å². The normalized spacial score (nSPS) is 48.5. The van der Waals surface area contributed by atoms with Crippen LogP contribution < -0.4 is 5.73 Å². The van der Waals surface area contributed by atoms with E-state index in [1.165, 1.54) is 7.11 Å². The monoisotopic (exact) mass is 508 g/mol. The van der Waals surface area contributed by atoms with E-state index in [1.54, 1.807) is 0 Å². The number of hydrogen-bond donors (Lipinski definition) is 2. The van der Waals surface area contributed by atoms with Gasteiger partial charge in [0.2, 0.25) is 0 Å². The molecule has 3 N–H and O–H groups in total. The van der Waals surface area contributed by atoms with Crippen molar-refractivity contribution in [1.29, 1.82) is 5.26 Å². The van der Waals surface area contributed by atoms with Gasteiger partial charge in [0.25, 0.3) is 0 Å². The fourth-order valence-corrected chi connectivity index (χ4v) is 10.2. The van der Waals surface area contributed by atoms with Gasteiger partial charge in [0.1, 0.15) is 5.76 Å². The highest BCUT2D eigenvalue weighted by atomic mass is 16.5. The zero-order chi connectivity index (χ0) is 27.4. The molecule has 0 unspecified atom stereocenters. The van der Waals surface area contributed by atoms with Crippen LogP contribution in [0.3, 0.4) is 0 Å². The van der Waals surface area contributed by atoms with Crippen LogP contribution in [-0.4, -0.2) is 29.5 Å². The van der Waals surface area contributed by atoms with Crippen molar-refractivity contribution < 1.29 is 19.4 Å². The largest absolute Gasteiger partial charge is 0.509 e. The summed E-state index contributed by atoms with van der Waals surface area (Å²) in [7, 11) is 1.48. The van der Waals surface area contributed by atoms with Crippen molar-refractivity contribution >= 4 is 11.8 Å². The molecule has 3 saturated carbocycles. The molecule has 202 valence electrons. The zero-order valence-electron chi connectivity index (χ0n) is 23.7. The minimum absolute atomic E-state index is 0.00197. The van der Waals surface area contributed by atoms with Crippen LogP contribution in [0.25, 0.3) is 0 Å². The topological polar surface area (TPSA) is 113 Å². The average Bonchev–Trinajstić information content (AvgIpc) is 2.82. The third-order valence-corrected chi connectivity index (χ3v) is 12.5. The Morgan fingerprint density at radius 1 is 1.11 bits per heavy atom. The molecule has 0 aromatic carbocycles. The highest BCUT2D eigenvalue weighted by molar-refractivity contribution is 5.96. The van der Waals surface area contributed by atoms with E-state index in [4.69, 9.17) is 10.5 Å². The van der Waals surface area contributed by atoms with Gasteiger partial charge in [-0.1, -0.05) is 40.2 Å². The maximum absolute atomic E-state index is 14.4. The third kappa shape index (κ3) is 3.13. The number of allylic oxidation sites excluding steroid dienone is 3. The summed E-state index contributed by atoms with van der Waals surface area (Å²) in [6.07, 6.45) is 8.05. The van der Waals surface area contributed by atoms with Crippen molar-refractivity contribution in [3.8, 4) is 6.07 Å². The number of rotatable bonds is 1. The number of carbonyl (C=O) groups excluding carboxylic acids is 2. The summed E-state index contributed by atoms with van der Waals surface area (Å²) in [5, 5.41) is 20.8. The molecule has 8 atom stereocenters. The number of methoxy groups -OCH3 is 1. The molecular formula is C31H44N2O4. The second-order valence-corrected chi connectivity index (χ2v) is 14.7. The maximum Gasteiger partial charge on any atom is 0.312 e. The van der Waals surface area contributed by atoms with Crippen LogP contribution >= 0.6 is 0 Å². The lowest BCUT2D eigenvalue weighted by Crippen LogP contribution is -2.67. The Labute approximate surface area is 221 Å². The summed E-state index contributed by atoms with van der Waals surface area (Å²) in [5.41, 5.74) is 5.51. The highest BCUT2D eigenvalue weighted by Gasteiger charge is 2.71. The molecule has 37 heavy (non-hydrogen) atoms. The minimum atomic E-state index is -1.03. The van der Waals surface area contributed by atoms with Gasteiger partial charge in [-0.25, -0.2) is 0 Å². The van der Waals surface area contributed by atoms with Gasteiger partial charge in [0.15, 0.2) is 5.78 Å². The smallest absolute Gasteiger partial charge is 0.312 e. The number of fused-ring (bicyclic) bond motifs is 7. The first kappa shape index (κ1) is 26.5. The molecule has 5 aliphatic rings. The Bertz CT molecular complexity index is 1170. The number of hydrogen-bond acceptors (Lipinski definition) is 6. The molecular weight excluding hydrogens is 464 g/mol. The molecule has 6 nitrogen and oxygen atoms in total. The lowest BCUT2D eigenvalue weighted by molar-refractivity contribution is -0.191. The van der Waals surface area contributed by atoms with E-state index in [9.17, 15) is 20.0 Å². The van der Waals surface area contributed by atoms with Crippen LogP contribution in [0.1, 0.15) is 92.9 Å². The zero-order valence-corrected chi connectivity index (χ0v) is 23.7. The minimum Gasteiger partial charge on any atom is -0.509 e. The number of nitrogens with zero attached hydrogens (tertiary/aromatic N) is 1. The first-order valence-corrected chi connectivity index (χ1v) is 14.0. The fraction of sp³-hybridized carbons (Fsp3) is 0.774. The van der Waals surface area contributed by atoms with Gasteiger partial charge in [-0.15, -0.1) is 0 Å². The number of esters is 1. The molecule has 0 aromatic rings. The molecule has 0 bridgehead atoms. The SMILES string of the molecule is COC(=O)[C@]12CCC(C)(C)C[C@H]1[C@H]1C(=O)C=C3[C@@]4(C)CC(C#N)=C(O)[C@@](C)(N)[C@@H]4CC[C@@]3(C)[C@]1(C)CC2. The summed E-state index contributed by atoms with van der Waals surface area (Å²) in [6, 6.07) is 2.21. The van der Waals surface area contributed by atoms with Crippen LogP contribution in [-0.2, 0) is 14.3 Å². The molecule has 6 heteroatoms. The van der Waals surface area contributed by atoms with Crippen molar-refractivity contribution in [1.82, 2.24) is 0 Å². The van der Waals surface area contributed by atoms with Crippen molar-refractivity contribution in [3.63, 3.8) is 0 Å². The Balaban J connectivity index is 1.68. The molecule has 0 spiro atoms. The number of aliphatic hydroxyl groups is 1. The van der Waals surface area contributed by atoms with E-state index in [2.05, 4.69) is 40.7 Å².